The van der Waals surface area contributed by atoms with E-state index in [4.69, 9.17) is 9.47 Å². The monoisotopic (exact) mass is 678 g/mol. The van der Waals surface area contributed by atoms with Crippen molar-refractivity contribution in [2.75, 3.05) is 19.1 Å². The van der Waals surface area contributed by atoms with Crippen LogP contribution in [0.3, 0.4) is 0 Å². The van der Waals surface area contributed by atoms with Gasteiger partial charge in [-0.1, -0.05) is 13.8 Å². The highest BCUT2D eigenvalue weighted by Crippen LogP contribution is 2.47. The Morgan fingerprint density at radius 2 is 1.25 bits per heavy atom. The van der Waals surface area contributed by atoms with Gasteiger partial charge >= 0.3 is 11.5 Å². The molecule has 6 rings (SSSR count). The van der Waals surface area contributed by atoms with E-state index in [1.165, 1.54) is 14.2 Å². The van der Waals surface area contributed by atoms with Crippen molar-refractivity contribution in [3.05, 3.63) is 96.3 Å². The van der Waals surface area contributed by atoms with Crippen molar-refractivity contribution >= 4 is 49.3 Å². The summed E-state index contributed by atoms with van der Waals surface area (Å²) in [5.74, 6) is -1.05. The van der Waals surface area contributed by atoms with Crippen LogP contribution in [0.25, 0.3) is 21.8 Å². The summed E-state index contributed by atoms with van der Waals surface area (Å²) in [7, 11) is -2.61. The number of amides is 3. The van der Waals surface area contributed by atoms with Gasteiger partial charge in [-0.3, -0.25) is 14.8 Å². The van der Waals surface area contributed by atoms with Crippen molar-refractivity contribution in [1.82, 2.24) is 15.3 Å². The van der Waals surface area contributed by atoms with Crippen LogP contribution in [-0.4, -0.2) is 55.6 Å². The molecule has 248 valence electrons. The summed E-state index contributed by atoms with van der Waals surface area (Å²) in [6.07, 6.45) is 3.20. The third-order valence-corrected chi connectivity index (χ3v) is 10.5. The SMILES string of the molecule is COc1ccc2nccc(C(C)C3(C(C)c4ccnc5ccc(OC)cc45)NC(=O)N(c4ccc(S(=O)(=O)C(F)(F)F)cc4)C3=O)c2c1. The minimum atomic E-state index is -5.66. The standard InChI is InChI=1S/C34H29F3N4O6S/c1-19(25-13-15-38-29-11-7-22(46-3)17-27(25)29)33(20(2)26-14-16-39-30-12-8-23(47-4)18-28(26)30)31(42)41(32(43)40-33)21-5-9-24(10-6-21)48(44,45)34(35,36)37/h5-20H,1-4H3,(H,40,43). The Morgan fingerprint density at radius 1 is 0.771 bits per heavy atom. The number of fused-ring (bicyclic) bond motifs is 2. The van der Waals surface area contributed by atoms with Crippen LogP contribution < -0.4 is 19.7 Å². The number of hydrogen-bond donors (Lipinski definition) is 1. The molecule has 2 atom stereocenters. The zero-order valence-corrected chi connectivity index (χ0v) is 26.9. The minimum Gasteiger partial charge on any atom is -0.497 e. The fraction of sp³-hybridized carbons (Fsp3) is 0.235. The zero-order chi connectivity index (χ0) is 34.6. The number of rotatable bonds is 8. The van der Waals surface area contributed by atoms with E-state index in [0.29, 0.717) is 44.4 Å². The van der Waals surface area contributed by atoms with E-state index in [-0.39, 0.29) is 5.69 Å². The number of anilines is 1. The average Bonchev–Trinajstić information content (AvgIpc) is 3.35. The van der Waals surface area contributed by atoms with E-state index in [9.17, 15) is 31.2 Å². The molecule has 3 heterocycles. The summed E-state index contributed by atoms with van der Waals surface area (Å²) in [6.45, 7) is 3.60. The Morgan fingerprint density at radius 3 is 1.69 bits per heavy atom. The summed E-state index contributed by atoms with van der Waals surface area (Å²) in [5.41, 5.74) is -4.73. The normalized spacial score (nSPS) is 18.2. The highest BCUT2D eigenvalue weighted by molar-refractivity contribution is 7.92. The third-order valence-electron chi connectivity index (χ3n) is 9.05. The van der Waals surface area contributed by atoms with E-state index in [1.54, 1.807) is 74.8 Å². The molecule has 1 saturated heterocycles. The number of carbonyl (C=O) groups is 2. The number of sulfone groups is 1. The Bertz CT molecular complexity index is 2100. The van der Waals surface area contributed by atoms with Crippen LogP contribution in [0.2, 0.25) is 0 Å². The summed E-state index contributed by atoms with van der Waals surface area (Å²) in [6, 6.07) is 16.8. The zero-order valence-electron chi connectivity index (χ0n) is 26.1. The molecule has 0 saturated carbocycles. The predicted octanol–water partition coefficient (Wildman–Crippen LogP) is 6.50. The van der Waals surface area contributed by atoms with Crippen LogP contribution in [-0.2, 0) is 14.6 Å². The molecule has 1 N–H and O–H groups in total. The Hall–Kier alpha value is -5.24. The lowest BCUT2D eigenvalue weighted by Gasteiger charge is -2.39. The summed E-state index contributed by atoms with van der Waals surface area (Å²) in [4.78, 5) is 37.5. The Balaban J connectivity index is 1.55. The van der Waals surface area contributed by atoms with Crippen molar-refractivity contribution in [3.8, 4) is 11.5 Å². The lowest BCUT2D eigenvalue weighted by molar-refractivity contribution is -0.123. The van der Waals surface area contributed by atoms with Crippen molar-refractivity contribution in [2.45, 2.75) is 41.6 Å². The van der Waals surface area contributed by atoms with Crippen LogP contribution in [0.5, 0.6) is 11.5 Å². The van der Waals surface area contributed by atoms with Gasteiger partial charge in [0, 0.05) is 35.0 Å². The first-order valence-corrected chi connectivity index (χ1v) is 16.2. The van der Waals surface area contributed by atoms with Gasteiger partial charge in [0.15, 0.2) is 0 Å². The van der Waals surface area contributed by atoms with Crippen LogP contribution in [0, 0.1) is 0 Å². The van der Waals surface area contributed by atoms with E-state index >= 15 is 0 Å². The largest absolute Gasteiger partial charge is 0.501 e. The van der Waals surface area contributed by atoms with Gasteiger partial charge in [-0.25, -0.2) is 18.1 Å². The number of urea groups is 1. The second kappa shape index (κ2) is 11.8. The van der Waals surface area contributed by atoms with E-state index < -0.39 is 49.6 Å². The number of imide groups is 1. The molecular formula is C34H29F3N4O6S. The van der Waals surface area contributed by atoms with Gasteiger partial charge in [0.2, 0.25) is 0 Å². The lowest BCUT2D eigenvalue weighted by atomic mass is 9.68. The molecule has 1 aliphatic rings. The maximum absolute atomic E-state index is 14.9. The van der Waals surface area contributed by atoms with Crippen LogP contribution >= 0.6 is 0 Å². The highest BCUT2D eigenvalue weighted by atomic mass is 32.2. The number of alkyl halides is 3. The maximum Gasteiger partial charge on any atom is 0.501 e. The van der Waals surface area contributed by atoms with E-state index in [2.05, 4.69) is 15.3 Å². The van der Waals surface area contributed by atoms with Crippen molar-refractivity contribution in [1.29, 1.82) is 0 Å². The molecule has 1 aliphatic heterocycles. The molecule has 2 unspecified atom stereocenters. The fourth-order valence-corrected chi connectivity index (χ4v) is 7.22. The topological polar surface area (TPSA) is 128 Å². The second-order valence-corrected chi connectivity index (χ2v) is 13.3. The Labute approximate surface area is 273 Å². The smallest absolute Gasteiger partial charge is 0.497 e. The van der Waals surface area contributed by atoms with Gasteiger partial charge in [-0.2, -0.15) is 13.2 Å². The highest BCUT2D eigenvalue weighted by Gasteiger charge is 2.59. The van der Waals surface area contributed by atoms with E-state index in [1.807, 2.05) is 0 Å². The fourth-order valence-electron chi connectivity index (χ4n) is 6.46. The number of halogens is 3. The number of pyridine rings is 2. The van der Waals surface area contributed by atoms with Crippen LogP contribution in [0.4, 0.5) is 23.7 Å². The first-order valence-electron chi connectivity index (χ1n) is 14.7. The minimum absolute atomic E-state index is 0.109. The van der Waals surface area contributed by atoms with Gasteiger partial charge in [0.05, 0.1) is 35.8 Å². The molecule has 48 heavy (non-hydrogen) atoms. The van der Waals surface area contributed by atoms with Crippen molar-refractivity contribution in [2.24, 2.45) is 0 Å². The number of hydrogen-bond acceptors (Lipinski definition) is 8. The molecule has 3 amide bonds. The van der Waals surface area contributed by atoms with Gasteiger partial charge in [0.1, 0.15) is 17.0 Å². The van der Waals surface area contributed by atoms with Gasteiger partial charge < -0.3 is 14.8 Å². The molecule has 10 nitrogen and oxygen atoms in total. The molecule has 5 aromatic rings. The number of carbonyl (C=O) groups excluding carboxylic acids is 2. The van der Waals surface area contributed by atoms with Crippen molar-refractivity contribution < 1.29 is 40.7 Å². The number of benzene rings is 3. The maximum atomic E-state index is 14.9. The molecule has 0 bridgehead atoms. The molecule has 0 spiro atoms. The Kier molecular flexibility index (Phi) is 8.02. The van der Waals surface area contributed by atoms with Crippen molar-refractivity contribution in [3.63, 3.8) is 0 Å². The quantitative estimate of drug-likeness (QED) is 0.185. The van der Waals surface area contributed by atoms with E-state index in [0.717, 1.165) is 29.2 Å². The first-order chi connectivity index (χ1) is 22.7. The van der Waals surface area contributed by atoms with Gasteiger partial charge in [-0.05, 0) is 83.9 Å². The number of nitrogens with one attached hydrogen (secondary N) is 1. The predicted molar refractivity (Wildman–Crippen MR) is 172 cm³/mol. The number of ether oxygens (including phenoxy) is 2. The van der Waals surface area contributed by atoms with Crippen LogP contribution in [0.1, 0.15) is 36.8 Å². The summed E-state index contributed by atoms with van der Waals surface area (Å²) in [5, 5.41) is 4.31. The molecule has 1 fully saturated rings. The average molecular weight is 679 g/mol. The third kappa shape index (κ3) is 5.07. The molecule has 2 aromatic heterocycles. The first kappa shape index (κ1) is 32.7. The molecule has 14 heteroatoms. The van der Waals surface area contributed by atoms with Gasteiger partial charge in [-0.15, -0.1) is 0 Å². The number of aromatic nitrogens is 2. The molecule has 0 aliphatic carbocycles. The molecule has 0 radical (unpaired) electrons. The summed E-state index contributed by atoms with van der Waals surface area (Å²) >= 11 is 0. The lowest BCUT2D eigenvalue weighted by Crippen LogP contribution is -2.55. The second-order valence-electron chi connectivity index (χ2n) is 11.4. The van der Waals surface area contributed by atoms with Gasteiger partial charge in [0.25, 0.3) is 15.7 Å². The molecular weight excluding hydrogens is 649 g/mol. The number of nitrogens with zero attached hydrogens (tertiary/aromatic N) is 3. The molecule has 3 aromatic carbocycles. The number of methoxy groups -OCH3 is 2. The summed E-state index contributed by atoms with van der Waals surface area (Å²) < 4.78 is 74.6. The van der Waals surface area contributed by atoms with Crippen LogP contribution in [0.15, 0.2) is 90.1 Å².